The predicted molar refractivity (Wildman–Crippen MR) is 93.4 cm³/mol. The van der Waals surface area contributed by atoms with Crippen LogP contribution in [0.15, 0.2) is 18.2 Å². The molecule has 0 saturated carbocycles. The zero-order chi connectivity index (χ0) is 20.4. The fourth-order valence-corrected chi connectivity index (χ4v) is 2.83. The highest BCUT2D eigenvalue weighted by Crippen LogP contribution is 2.31. The van der Waals surface area contributed by atoms with Crippen molar-refractivity contribution in [2.24, 2.45) is 0 Å². The van der Waals surface area contributed by atoms with Crippen LogP contribution in [0.4, 0.5) is 13.6 Å². The predicted octanol–water partition coefficient (Wildman–Crippen LogP) is 3.22. The van der Waals surface area contributed by atoms with E-state index in [1.165, 1.54) is 15.9 Å². The van der Waals surface area contributed by atoms with Crippen LogP contribution < -0.4 is 0 Å². The highest BCUT2D eigenvalue weighted by Gasteiger charge is 2.52. The Morgan fingerprint density at radius 1 is 1.30 bits per heavy atom. The van der Waals surface area contributed by atoms with Crippen LogP contribution in [0.3, 0.4) is 0 Å². The van der Waals surface area contributed by atoms with Crippen LogP contribution in [0.5, 0.6) is 0 Å². The number of hydrogen-bond acceptors (Lipinski definition) is 4. The van der Waals surface area contributed by atoms with E-state index < -0.39 is 28.9 Å². The molecule has 1 aromatic carbocycles. The average molecular weight is 379 g/mol. The fourth-order valence-electron chi connectivity index (χ4n) is 2.83. The number of rotatable bonds is 4. The number of benzene rings is 1. The Balaban J connectivity index is 2.20. The van der Waals surface area contributed by atoms with Gasteiger partial charge >= 0.3 is 6.09 Å². The lowest BCUT2D eigenvalue weighted by molar-refractivity contribution is -0.142. The largest absolute Gasteiger partial charge is 0.444 e. The van der Waals surface area contributed by atoms with E-state index in [0.29, 0.717) is 5.56 Å². The van der Waals surface area contributed by atoms with Crippen molar-refractivity contribution in [2.45, 2.75) is 51.8 Å². The van der Waals surface area contributed by atoms with Crippen LogP contribution in [0.2, 0.25) is 0 Å². The highest BCUT2D eigenvalue weighted by atomic mass is 19.2. The molecule has 1 aromatic rings. The lowest BCUT2D eigenvalue weighted by Crippen LogP contribution is -2.71. The van der Waals surface area contributed by atoms with E-state index in [1.54, 1.807) is 27.7 Å². The molecule has 0 atom stereocenters. The number of hydrogen-bond donors (Lipinski definition) is 0. The van der Waals surface area contributed by atoms with E-state index >= 15 is 0 Å². The number of carbonyl (C=O) groups is 2. The standard InChI is InChI=1S/C19H23F2N3O3/c1-5-16(25)24(9-13-6-7-14(20)15(21)8-13)19(10-22)11-23(12-19)17(26)27-18(2,3)4/h6-8H,5,9,11-12H2,1-4H3. The molecule has 146 valence electrons. The minimum absolute atomic E-state index is 0.00612. The second-order valence-corrected chi connectivity index (χ2v) is 7.56. The normalized spacial score (nSPS) is 15.5. The summed E-state index contributed by atoms with van der Waals surface area (Å²) in [6, 6.07) is 5.46. The number of nitrogens with zero attached hydrogens (tertiary/aromatic N) is 3. The summed E-state index contributed by atoms with van der Waals surface area (Å²) in [5, 5.41) is 9.70. The summed E-state index contributed by atoms with van der Waals surface area (Å²) in [6.07, 6.45) is -0.426. The molecule has 2 amide bonds. The maximum absolute atomic E-state index is 13.5. The molecule has 1 aliphatic rings. The summed E-state index contributed by atoms with van der Waals surface area (Å²) in [5.74, 6) is -2.32. The van der Waals surface area contributed by atoms with Gasteiger partial charge in [-0.2, -0.15) is 5.26 Å². The Morgan fingerprint density at radius 3 is 2.41 bits per heavy atom. The summed E-state index contributed by atoms with van der Waals surface area (Å²) >= 11 is 0. The van der Waals surface area contributed by atoms with Crippen molar-refractivity contribution in [1.29, 1.82) is 5.26 Å². The van der Waals surface area contributed by atoms with Gasteiger partial charge in [-0.25, -0.2) is 13.6 Å². The molecule has 0 aliphatic carbocycles. The monoisotopic (exact) mass is 379 g/mol. The van der Waals surface area contributed by atoms with E-state index in [2.05, 4.69) is 6.07 Å². The Kier molecular flexibility index (Phi) is 5.73. The van der Waals surface area contributed by atoms with E-state index in [9.17, 15) is 23.6 Å². The van der Waals surface area contributed by atoms with Gasteiger partial charge in [0, 0.05) is 13.0 Å². The topological polar surface area (TPSA) is 73.6 Å². The maximum Gasteiger partial charge on any atom is 0.410 e. The zero-order valence-electron chi connectivity index (χ0n) is 15.9. The average Bonchev–Trinajstić information content (AvgIpc) is 2.54. The quantitative estimate of drug-likeness (QED) is 0.805. The first-order valence-electron chi connectivity index (χ1n) is 8.65. The van der Waals surface area contributed by atoms with Crippen LogP contribution in [-0.4, -0.2) is 46.0 Å². The Hall–Kier alpha value is -2.69. The van der Waals surface area contributed by atoms with Gasteiger partial charge in [-0.1, -0.05) is 13.0 Å². The van der Waals surface area contributed by atoms with Crippen LogP contribution in [-0.2, 0) is 16.1 Å². The van der Waals surface area contributed by atoms with Crippen LogP contribution in [0, 0.1) is 23.0 Å². The van der Waals surface area contributed by atoms with Crippen molar-refractivity contribution in [3.63, 3.8) is 0 Å². The molecule has 0 radical (unpaired) electrons. The number of nitriles is 1. The molecule has 1 fully saturated rings. The van der Waals surface area contributed by atoms with Gasteiger partial charge in [-0.15, -0.1) is 0 Å². The summed E-state index contributed by atoms with van der Waals surface area (Å²) < 4.78 is 31.9. The van der Waals surface area contributed by atoms with E-state index in [0.717, 1.165) is 12.1 Å². The van der Waals surface area contributed by atoms with Crippen molar-refractivity contribution in [3.05, 3.63) is 35.4 Å². The van der Waals surface area contributed by atoms with Crippen molar-refractivity contribution in [3.8, 4) is 6.07 Å². The molecule has 0 bridgehead atoms. The number of likely N-dealkylation sites (tertiary alicyclic amines) is 1. The number of ether oxygens (including phenoxy) is 1. The Labute approximate surface area is 157 Å². The number of halogens is 2. The summed E-state index contributed by atoms with van der Waals surface area (Å²) in [7, 11) is 0. The zero-order valence-corrected chi connectivity index (χ0v) is 15.9. The third-order valence-corrected chi connectivity index (χ3v) is 4.21. The second kappa shape index (κ2) is 7.51. The summed E-state index contributed by atoms with van der Waals surface area (Å²) in [5.41, 5.74) is -1.54. The molecule has 2 rings (SSSR count). The highest BCUT2D eigenvalue weighted by molar-refractivity contribution is 5.79. The number of amides is 2. The number of carbonyl (C=O) groups excluding carboxylic acids is 2. The third-order valence-electron chi connectivity index (χ3n) is 4.21. The smallest absolute Gasteiger partial charge is 0.410 e. The SMILES string of the molecule is CCC(=O)N(Cc1ccc(F)c(F)c1)C1(C#N)CN(C(=O)OC(C)(C)C)C1. The van der Waals surface area contributed by atoms with Gasteiger partial charge in [0.25, 0.3) is 0 Å². The van der Waals surface area contributed by atoms with Crippen LogP contribution in [0.25, 0.3) is 0 Å². The molecule has 1 heterocycles. The first-order valence-corrected chi connectivity index (χ1v) is 8.65. The minimum atomic E-state index is -1.23. The molecule has 8 heteroatoms. The molecule has 0 aromatic heterocycles. The van der Waals surface area contributed by atoms with E-state index in [-0.39, 0.29) is 32.0 Å². The molecule has 27 heavy (non-hydrogen) atoms. The van der Waals surface area contributed by atoms with Gasteiger partial charge in [-0.05, 0) is 38.5 Å². The maximum atomic E-state index is 13.5. The molecular formula is C19H23F2N3O3. The van der Waals surface area contributed by atoms with Crippen molar-refractivity contribution in [2.75, 3.05) is 13.1 Å². The Bertz CT molecular complexity index is 777. The summed E-state index contributed by atoms with van der Waals surface area (Å²) in [4.78, 5) is 27.3. The third kappa shape index (κ3) is 4.54. The first kappa shape index (κ1) is 20.6. The molecular weight excluding hydrogens is 356 g/mol. The molecule has 0 spiro atoms. The van der Waals surface area contributed by atoms with Crippen LogP contribution in [0.1, 0.15) is 39.7 Å². The lowest BCUT2D eigenvalue weighted by Gasteiger charge is -2.51. The first-order chi connectivity index (χ1) is 12.5. The second-order valence-electron chi connectivity index (χ2n) is 7.56. The van der Waals surface area contributed by atoms with Crippen molar-refractivity contribution >= 4 is 12.0 Å². The Morgan fingerprint density at radius 2 is 1.93 bits per heavy atom. The van der Waals surface area contributed by atoms with E-state index in [1.807, 2.05) is 0 Å². The van der Waals surface area contributed by atoms with Gasteiger partial charge in [0.1, 0.15) is 5.60 Å². The van der Waals surface area contributed by atoms with Gasteiger partial charge in [0.05, 0.1) is 19.2 Å². The summed E-state index contributed by atoms with van der Waals surface area (Å²) in [6.45, 7) is 6.78. The molecule has 6 nitrogen and oxygen atoms in total. The lowest BCUT2D eigenvalue weighted by atomic mass is 9.88. The molecule has 1 saturated heterocycles. The van der Waals surface area contributed by atoms with Gasteiger partial charge in [-0.3, -0.25) is 4.79 Å². The van der Waals surface area contributed by atoms with Crippen LogP contribution >= 0.6 is 0 Å². The molecule has 0 unspecified atom stereocenters. The molecule has 0 N–H and O–H groups in total. The van der Waals surface area contributed by atoms with Crippen molar-refractivity contribution in [1.82, 2.24) is 9.80 Å². The fraction of sp³-hybridized carbons (Fsp3) is 0.526. The minimum Gasteiger partial charge on any atom is -0.444 e. The molecule has 1 aliphatic heterocycles. The van der Waals surface area contributed by atoms with Crippen molar-refractivity contribution < 1.29 is 23.1 Å². The van der Waals surface area contributed by atoms with E-state index in [4.69, 9.17) is 4.74 Å². The van der Waals surface area contributed by atoms with Gasteiger partial charge < -0.3 is 14.5 Å². The van der Waals surface area contributed by atoms with Gasteiger partial charge in [0.2, 0.25) is 5.91 Å². The van der Waals surface area contributed by atoms with Gasteiger partial charge in [0.15, 0.2) is 17.2 Å².